The maximum atomic E-state index is 13.1. The average Bonchev–Trinajstić information content (AvgIpc) is 3.50. The van der Waals surface area contributed by atoms with Gasteiger partial charge in [0.1, 0.15) is 30.5 Å². The fourth-order valence-electron chi connectivity index (χ4n) is 5.61. The Bertz CT molecular complexity index is 1040. The number of hydrogen-bond acceptors (Lipinski definition) is 7. The van der Waals surface area contributed by atoms with Gasteiger partial charge in [0.15, 0.2) is 12.1 Å². The van der Waals surface area contributed by atoms with Gasteiger partial charge in [0, 0.05) is 12.8 Å². The standard InChI is InChI=1S/C32H43NO7/c1-2-11-26(35)33-27-30(38-20-23-14-5-3-6-15-23)29(37)31(28(36)25(34)19-18-22-12-9-10-13-22)40-32(27)39-21-24-16-7-4-8-17-24/h3-8,14-17,22,27-32,36-37H,2,9-13,18-21H2,1H3,(H,33,35)/t27-,28?,29+,30-,31-,32?/m1/s1. The molecule has 0 aromatic heterocycles. The summed E-state index contributed by atoms with van der Waals surface area (Å²) in [5, 5.41) is 25.5. The molecule has 1 saturated heterocycles. The van der Waals surface area contributed by atoms with Crippen LogP contribution in [0.1, 0.15) is 69.4 Å². The van der Waals surface area contributed by atoms with Crippen LogP contribution in [0.5, 0.6) is 0 Å². The number of aliphatic hydroxyl groups excluding tert-OH is 2. The van der Waals surface area contributed by atoms with E-state index in [1.165, 1.54) is 12.8 Å². The Morgan fingerprint density at radius 2 is 1.55 bits per heavy atom. The summed E-state index contributed by atoms with van der Waals surface area (Å²) >= 11 is 0. The van der Waals surface area contributed by atoms with Crippen molar-refractivity contribution in [3.05, 3.63) is 71.8 Å². The van der Waals surface area contributed by atoms with E-state index in [0.717, 1.165) is 30.4 Å². The second kappa shape index (κ2) is 15.4. The number of ether oxygens (including phenoxy) is 3. The predicted octanol–water partition coefficient (Wildman–Crippen LogP) is 4.06. The number of rotatable bonds is 14. The fourth-order valence-corrected chi connectivity index (χ4v) is 5.61. The molecule has 0 spiro atoms. The molecule has 4 rings (SSSR count). The summed E-state index contributed by atoms with van der Waals surface area (Å²) in [6.45, 7) is 2.24. The van der Waals surface area contributed by atoms with Crippen molar-refractivity contribution in [2.45, 2.75) is 108 Å². The zero-order chi connectivity index (χ0) is 28.3. The topological polar surface area (TPSA) is 114 Å². The molecule has 8 nitrogen and oxygen atoms in total. The number of nitrogens with one attached hydrogen (secondary N) is 1. The van der Waals surface area contributed by atoms with Crippen LogP contribution in [0, 0.1) is 5.92 Å². The lowest BCUT2D eigenvalue weighted by atomic mass is 9.89. The normalized spacial score (nSPS) is 25.9. The number of aliphatic hydroxyl groups is 2. The van der Waals surface area contributed by atoms with Crippen molar-refractivity contribution >= 4 is 11.7 Å². The molecule has 218 valence electrons. The molecule has 1 aliphatic carbocycles. The van der Waals surface area contributed by atoms with E-state index < -0.39 is 36.7 Å². The maximum absolute atomic E-state index is 13.1. The van der Waals surface area contributed by atoms with Crippen LogP contribution >= 0.6 is 0 Å². The molecule has 0 bridgehead atoms. The van der Waals surface area contributed by atoms with Crippen LogP contribution in [0.25, 0.3) is 0 Å². The van der Waals surface area contributed by atoms with Gasteiger partial charge in [-0.2, -0.15) is 0 Å². The monoisotopic (exact) mass is 553 g/mol. The average molecular weight is 554 g/mol. The zero-order valence-corrected chi connectivity index (χ0v) is 23.3. The zero-order valence-electron chi connectivity index (χ0n) is 23.3. The highest BCUT2D eigenvalue weighted by atomic mass is 16.7. The van der Waals surface area contributed by atoms with Crippen molar-refractivity contribution in [3.8, 4) is 0 Å². The quantitative estimate of drug-likeness (QED) is 0.323. The first-order valence-corrected chi connectivity index (χ1v) is 14.6. The third kappa shape index (κ3) is 8.44. The molecule has 1 amide bonds. The third-order valence-electron chi connectivity index (χ3n) is 7.87. The predicted molar refractivity (Wildman–Crippen MR) is 150 cm³/mol. The molecule has 2 aromatic rings. The number of carbonyl (C=O) groups is 2. The molecule has 2 fully saturated rings. The van der Waals surface area contributed by atoms with Gasteiger partial charge in [0.2, 0.25) is 5.91 Å². The Labute approximate surface area is 237 Å². The molecule has 0 radical (unpaired) electrons. The number of ketones is 1. The minimum absolute atomic E-state index is 0.159. The van der Waals surface area contributed by atoms with E-state index in [4.69, 9.17) is 14.2 Å². The Hall–Kier alpha value is -2.62. The summed E-state index contributed by atoms with van der Waals surface area (Å²) in [5.41, 5.74) is 1.77. The second-order valence-electron chi connectivity index (χ2n) is 11.0. The van der Waals surface area contributed by atoms with Gasteiger partial charge in [-0.15, -0.1) is 0 Å². The van der Waals surface area contributed by atoms with Gasteiger partial charge < -0.3 is 29.7 Å². The van der Waals surface area contributed by atoms with Gasteiger partial charge in [-0.05, 0) is 29.9 Å². The highest BCUT2D eigenvalue weighted by Crippen LogP contribution is 2.31. The molecule has 3 N–H and O–H groups in total. The Kier molecular flexibility index (Phi) is 11.7. The van der Waals surface area contributed by atoms with E-state index in [0.29, 0.717) is 12.3 Å². The van der Waals surface area contributed by atoms with Gasteiger partial charge >= 0.3 is 0 Å². The summed E-state index contributed by atoms with van der Waals surface area (Å²) in [7, 11) is 0. The van der Waals surface area contributed by atoms with Gasteiger partial charge in [0.25, 0.3) is 0 Å². The van der Waals surface area contributed by atoms with Crippen LogP contribution in [0.15, 0.2) is 60.7 Å². The van der Waals surface area contributed by atoms with Crippen LogP contribution in [0.4, 0.5) is 0 Å². The van der Waals surface area contributed by atoms with E-state index in [9.17, 15) is 19.8 Å². The summed E-state index contributed by atoms with van der Waals surface area (Å²) in [4.78, 5) is 25.8. The largest absolute Gasteiger partial charge is 0.387 e. The lowest BCUT2D eigenvalue weighted by Crippen LogP contribution is -2.67. The molecule has 2 aliphatic rings. The minimum atomic E-state index is -1.55. The van der Waals surface area contributed by atoms with Crippen LogP contribution < -0.4 is 5.32 Å². The molecule has 2 unspecified atom stereocenters. The number of Topliss-reactive ketones (excluding diaryl/α,β-unsaturated/α-hetero) is 1. The summed E-state index contributed by atoms with van der Waals surface area (Å²) < 4.78 is 18.5. The molecule has 1 heterocycles. The molecule has 6 atom stereocenters. The number of benzene rings is 2. The maximum Gasteiger partial charge on any atom is 0.220 e. The van der Waals surface area contributed by atoms with E-state index in [1.807, 2.05) is 67.6 Å². The van der Waals surface area contributed by atoms with Crippen LogP contribution in [-0.4, -0.2) is 58.7 Å². The summed E-state index contributed by atoms with van der Waals surface area (Å²) in [6, 6.07) is 18.1. The first-order valence-electron chi connectivity index (χ1n) is 14.6. The van der Waals surface area contributed by atoms with Gasteiger partial charge in [-0.25, -0.2) is 0 Å². The van der Waals surface area contributed by atoms with E-state index in [2.05, 4.69) is 5.32 Å². The minimum Gasteiger partial charge on any atom is -0.387 e. The van der Waals surface area contributed by atoms with Crippen LogP contribution in [-0.2, 0) is 37.0 Å². The Balaban J connectivity index is 1.55. The van der Waals surface area contributed by atoms with Crippen molar-refractivity contribution in [3.63, 3.8) is 0 Å². The third-order valence-corrected chi connectivity index (χ3v) is 7.87. The summed E-state index contributed by atoms with van der Waals surface area (Å²) in [5.74, 6) is -0.0972. The van der Waals surface area contributed by atoms with Gasteiger partial charge in [-0.3, -0.25) is 9.59 Å². The van der Waals surface area contributed by atoms with Gasteiger partial charge in [-0.1, -0.05) is 93.3 Å². The molecule has 1 aliphatic heterocycles. The van der Waals surface area contributed by atoms with Crippen LogP contribution in [0.3, 0.4) is 0 Å². The molecule has 1 saturated carbocycles. The number of hydrogen-bond donors (Lipinski definition) is 3. The lowest BCUT2D eigenvalue weighted by Gasteiger charge is -2.45. The molecule has 8 heteroatoms. The smallest absolute Gasteiger partial charge is 0.220 e. The Morgan fingerprint density at radius 1 is 0.950 bits per heavy atom. The molecule has 2 aromatic carbocycles. The van der Waals surface area contributed by atoms with Crippen molar-refractivity contribution in [2.24, 2.45) is 5.92 Å². The van der Waals surface area contributed by atoms with E-state index in [-0.39, 0.29) is 37.7 Å². The van der Waals surface area contributed by atoms with Crippen molar-refractivity contribution in [1.29, 1.82) is 0 Å². The number of carbonyl (C=O) groups excluding carboxylic acids is 2. The highest BCUT2D eigenvalue weighted by Gasteiger charge is 2.50. The SMILES string of the molecule is CCCC(=O)N[C@H]1C(OCc2ccccc2)O[C@H](C(O)C(=O)CCC2CCCC2)[C@@H](O)[C@@H]1OCc1ccccc1. The summed E-state index contributed by atoms with van der Waals surface area (Å²) in [6.07, 6.45) is 0.200. The van der Waals surface area contributed by atoms with Crippen LogP contribution in [0.2, 0.25) is 0 Å². The Morgan fingerprint density at radius 3 is 2.15 bits per heavy atom. The van der Waals surface area contributed by atoms with Crippen molar-refractivity contribution in [1.82, 2.24) is 5.32 Å². The van der Waals surface area contributed by atoms with E-state index >= 15 is 0 Å². The highest BCUT2D eigenvalue weighted by molar-refractivity contribution is 5.83. The van der Waals surface area contributed by atoms with E-state index in [1.54, 1.807) is 0 Å². The first kappa shape index (κ1) is 30.3. The fraction of sp³-hybridized carbons (Fsp3) is 0.562. The van der Waals surface area contributed by atoms with Crippen molar-refractivity contribution < 1.29 is 34.0 Å². The van der Waals surface area contributed by atoms with Gasteiger partial charge in [0.05, 0.1) is 13.2 Å². The molecular weight excluding hydrogens is 510 g/mol. The molecule has 40 heavy (non-hydrogen) atoms. The first-order chi connectivity index (χ1) is 19.5. The molecular formula is C32H43NO7. The van der Waals surface area contributed by atoms with Crippen molar-refractivity contribution in [2.75, 3.05) is 0 Å². The second-order valence-corrected chi connectivity index (χ2v) is 11.0. The number of amides is 1. The lowest BCUT2D eigenvalue weighted by molar-refractivity contribution is -0.289.